The van der Waals surface area contributed by atoms with Crippen LogP contribution in [0.5, 0.6) is 5.75 Å². The summed E-state index contributed by atoms with van der Waals surface area (Å²) in [6.07, 6.45) is -0.415. The van der Waals surface area contributed by atoms with Gasteiger partial charge in [0.15, 0.2) is 17.1 Å². The molecule has 0 aliphatic heterocycles. The Labute approximate surface area is 202 Å². The molecular weight excluding hydrogens is 457 g/mol. The first-order valence-corrected chi connectivity index (χ1v) is 11.9. The van der Waals surface area contributed by atoms with Crippen LogP contribution in [0.2, 0.25) is 0 Å². The number of hydrogen-bond donors (Lipinski definition) is 2. The van der Waals surface area contributed by atoms with Gasteiger partial charge >= 0.3 is 0 Å². The van der Waals surface area contributed by atoms with Crippen molar-refractivity contribution < 1.29 is 18.7 Å². The summed E-state index contributed by atoms with van der Waals surface area (Å²) < 4.78 is 21.1. The van der Waals surface area contributed by atoms with Gasteiger partial charge in [0, 0.05) is 24.8 Å². The number of thioether (sulfide) groups is 1. The summed E-state index contributed by atoms with van der Waals surface area (Å²) in [6.45, 7) is 8.12. The van der Waals surface area contributed by atoms with Crippen molar-refractivity contribution in [1.29, 1.82) is 0 Å². The largest absolute Gasteiger partial charge is 0.483 e. The number of anilines is 2. The van der Waals surface area contributed by atoms with E-state index in [1.807, 2.05) is 11.5 Å². The summed E-state index contributed by atoms with van der Waals surface area (Å²) in [5.41, 5.74) is 1.29. The first kappa shape index (κ1) is 25.2. The molecule has 2 aromatic carbocycles. The number of carbonyl (C=O) groups is 2. The van der Waals surface area contributed by atoms with Crippen LogP contribution in [0.25, 0.3) is 0 Å². The first-order chi connectivity index (χ1) is 16.2. The predicted octanol–water partition coefficient (Wildman–Crippen LogP) is 4.90. The Morgan fingerprint density at radius 3 is 2.21 bits per heavy atom. The number of carbonyl (C=O) groups excluding carboxylic acids is 2. The van der Waals surface area contributed by atoms with E-state index in [0.29, 0.717) is 40.6 Å². The topological polar surface area (TPSA) is 98.1 Å². The van der Waals surface area contributed by atoms with Crippen LogP contribution in [0.3, 0.4) is 0 Å². The van der Waals surface area contributed by atoms with Crippen molar-refractivity contribution in [3.8, 4) is 5.75 Å². The minimum atomic E-state index is -0.415. The third kappa shape index (κ3) is 7.31. The fraction of sp³-hybridized carbons (Fsp3) is 0.333. The molecule has 3 rings (SSSR count). The van der Waals surface area contributed by atoms with Gasteiger partial charge in [0.25, 0.3) is 0 Å². The molecule has 0 bridgehead atoms. The molecule has 0 radical (unpaired) electrons. The van der Waals surface area contributed by atoms with Crippen molar-refractivity contribution in [2.24, 2.45) is 5.92 Å². The normalized spacial score (nSPS) is 11.8. The minimum absolute atomic E-state index is 0.150. The molecule has 0 saturated carbocycles. The smallest absolute Gasteiger partial charge is 0.234 e. The van der Waals surface area contributed by atoms with Gasteiger partial charge in [0.2, 0.25) is 11.8 Å². The summed E-state index contributed by atoms with van der Waals surface area (Å²) in [5.74, 6) is 0.966. The summed E-state index contributed by atoms with van der Waals surface area (Å²) in [4.78, 5) is 23.6. The second-order valence-electron chi connectivity index (χ2n) is 8.15. The van der Waals surface area contributed by atoms with Gasteiger partial charge in [0.1, 0.15) is 11.6 Å². The maximum Gasteiger partial charge on any atom is 0.234 e. The zero-order valence-electron chi connectivity index (χ0n) is 19.5. The number of rotatable bonds is 10. The van der Waals surface area contributed by atoms with Crippen molar-refractivity contribution in [2.45, 2.75) is 45.5 Å². The van der Waals surface area contributed by atoms with Crippen molar-refractivity contribution in [1.82, 2.24) is 14.8 Å². The van der Waals surface area contributed by atoms with Gasteiger partial charge < -0.3 is 19.9 Å². The van der Waals surface area contributed by atoms with E-state index in [1.54, 1.807) is 36.4 Å². The molecule has 1 heterocycles. The number of aromatic nitrogens is 3. The van der Waals surface area contributed by atoms with Gasteiger partial charge in [-0.25, -0.2) is 4.39 Å². The minimum Gasteiger partial charge on any atom is -0.483 e. The molecule has 34 heavy (non-hydrogen) atoms. The van der Waals surface area contributed by atoms with Gasteiger partial charge in [0.05, 0.1) is 5.75 Å². The van der Waals surface area contributed by atoms with Crippen LogP contribution in [-0.2, 0) is 16.1 Å². The molecule has 180 valence electrons. The van der Waals surface area contributed by atoms with Crippen molar-refractivity contribution in [3.63, 3.8) is 0 Å². The summed E-state index contributed by atoms with van der Waals surface area (Å²) in [7, 11) is 0. The second kappa shape index (κ2) is 11.6. The fourth-order valence-corrected chi connectivity index (χ4v) is 3.94. The van der Waals surface area contributed by atoms with Gasteiger partial charge in [-0.05, 0) is 61.4 Å². The molecule has 0 aliphatic rings. The molecule has 0 spiro atoms. The monoisotopic (exact) mass is 485 g/mol. The van der Waals surface area contributed by atoms with Gasteiger partial charge in [-0.2, -0.15) is 0 Å². The number of ether oxygens (including phenoxy) is 1. The molecule has 1 unspecified atom stereocenters. The number of nitrogens with one attached hydrogen (secondary N) is 2. The Bertz CT molecular complexity index is 1120. The molecule has 2 amide bonds. The van der Waals surface area contributed by atoms with Crippen LogP contribution < -0.4 is 15.4 Å². The average molecular weight is 486 g/mol. The summed E-state index contributed by atoms with van der Waals surface area (Å²) in [5, 5.41) is 14.7. The standard InChI is InChI=1S/C24H28FN5O3S/c1-15(2)13-30-23(16(3)33-21-11-5-18(25)6-12-21)28-29-24(30)34-14-22(32)27-20-9-7-19(8-10-20)26-17(4)31/h5-12,15-16H,13-14H2,1-4H3,(H,26,31)(H,27,32). The quantitative estimate of drug-likeness (QED) is 0.396. The van der Waals surface area contributed by atoms with Crippen molar-refractivity contribution in [2.75, 3.05) is 16.4 Å². The van der Waals surface area contributed by atoms with E-state index in [0.717, 1.165) is 0 Å². The molecule has 0 fully saturated rings. The fourth-order valence-electron chi connectivity index (χ4n) is 3.18. The lowest BCUT2D eigenvalue weighted by Crippen LogP contribution is -2.17. The molecule has 0 saturated heterocycles. The number of halogens is 1. The number of hydrogen-bond acceptors (Lipinski definition) is 6. The summed E-state index contributed by atoms with van der Waals surface area (Å²) in [6, 6.07) is 12.7. The molecule has 1 atom stereocenters. The molecular formula is C24H28FN5O3S. The maximum absolute atomic E-state index is 13.2. The Kier molecular flexibility index (Phi) is 8.64. The Morgan fingerprint density at radius 2 is 1.62 bits per heavy atom. The third-order valence-corrected chi connectivity index (χ3v) is 5.57. The highest BCUT2D eigenvalue weighted by molar-refractivity contribution is 7.99. The predicted molar refractivity (Wildman–Crippen MR) is 130 cm³/mol. The van der Waals surface area contributed by atoms with Crippen LogP contribution >= 0.6 is 11.8 Å². The van der Waals surface area contributed by atoms with Gasteiger partial charge in [-0.3, -0.25) is 9.59 Å². The highest BCUT2D eigenvalue weighted by Crippen LogP contribution is 2.26. The molecule has 2 N–H and O–H groups in total. The zero-order valence-corrected chi connectivity index (χ0v) is 20.4. The molecule has 8 nitrogen and oxygen atoms in total. The Morgan fingerprint density at radius 1 is 1.00 bits per heavy atom. The first-order valence-electron chi connectivity index (χ1n) is 10.9. The van der Waals surface area contributed by atoms with Crippen LogP contribution in [0.1, 0.15) is 39.6 Å². The van der Waals surface area contributed by atoms with E-state index in [4.69, 9.17) is 4.74 Å². The lowest BCUT2D eigenvalue weighted by molar-refractivity contribution is -0.114. The molecule has 0 aliphatic carbocycles. The van der Waals surface area contributed by atoms with Crippen LogP contribution in [0.4, 0.5) is 15.8 Å². The van der Waals surface area contributed by atoms with Crippen LogP contribution in [-0.4, -0.2) is 32.3 Å². The van der Waals surface area contributed by atoms with E-state index >= 15 is 0 Å². The van der Waals surface area contributed by atoms with E-state index in [1.165, 1.54) is 30.8 Å². The Hall–Kier alpha value is -3.40. The van der Waals surface area contributed by atoms with Crippen LogP contribution in [0, 0.1) is 11.7 Å². The molecule has 1 aromatic heterocycles. The lowest BCUT2D eigenvalue weighted by atomic mass is 10.2. The number of nitrogens with zero attached hydrogens (tertiary/aromatic N) is 3. The molecule has 10 heteroatoms. The van der Waals surface area contributed by atoms with E-state index in [-0.39, 0.29) is 23.4 Å². The van der Waals surface area contributed by atoms with Crippen molar-refractivity contribution in [3.05, 3.63) is 60.2 Å². The lowest BCUT2D eigenvalue weighted by Gasteiger charge is -2.17. The van der Waals surface area contributed by atoms with E-state index in [2.05, 4.69) is 34.7 Å². The second-order valence-corrected chi connectivity index (χ2v) is 9.10. The van der Waals surface area contributed by atoms with Crippen molar-refractivity contribution >= 4 is 35.0 Å². The third-order valence-electron chi connectivity index (χ3n) is 4.60. The highest BCUT2D eigenvalue weighted by atomic mass is 32.2. The SMILES string of the molecule is CC(=O)Nc1ccc(NC(=O)CSc2nnc(C(C)Oc3ccc(F)cc3)n2CC(C)C)cc1. The van der Waals surface area contributed by atoms with E-state index < -0.39 is 6.10 Å². The maximum atomic E-state index is 13.2. The van der Waals surface area contributed by atoms with E-state index in [9.17, 15) is 14.0 Å². The summed E-state index contributed by atoms with van der Waals surface area (Å²) >= 11 is 1.29. The van der Waals surface area contributed by atoms with Gasteiger partial charge in [-0.1, -0.05) is 25.6 Å². The van der Waals surface area contributed by atoms with Gasteiger partial charge in [-0.15, -0.1) is 10.2 Å². The molecule has 3 aromatic rings. The highest BCUT2D eigenvalue weighted by Gasteiger charge is 2.21. The average Bonchev–Trinajstić information content (AvgIpc) is 3.17. The van der Waals surface area contributed by atoms with Crippen LogP contribution in [0.15, 0.2) is 53.7 Å². The zero-order chi connectivity index (χ0) is 24.7. The number of amides is 2. The Balaban J connectivity index is 1.64. The number of benzene rings is 2.